The first-order valence-electron chi connectivity index (χ1n) is 3.39. The number of halogens is 1. The Morgan fingerprint density at radius 2 is 2.00 bits per heavy atom. The third kappa shape index (κ3) is 5.75. The van der Waals surface area contributed by atoms with E-state index in [9.17, 15) is 4.39 Å². The molecule has 4 heteroatoms. The Labute approximate surface area is 66.2 Å². The molecule has 0 bridgehead atoms. The van der Waals surface area contributed by atoms with Crippen molar-refractivity contribution in [2.24, 2.45) is 0 Å². The lowest BCUT2D eigenvalue weighted by Crippen LogP contribution is -2.36. The number of thiocarbonyl (C=S) groups is 1. The van der Waals surface area contributed by atoms with Crippen LogP contribution in [-0.4, -0.2) is 24.9 Å². The van der Waals surface area contributed by atoms with Gasteiger partial charge in [0.05, 0.1) is 0 Å². The van der Waals surface area contributed by atoms with Gasteiger partial charge in [0.25, 0.3) is 0 Å². The fraction of sp³-hybridized carbons (Fsp3) is 0.833. The Hall–Kier alpha value is -0.380. The molecule has 0 heterocycles. The molecule has 0 unspecified atom stereocenters. The molecule has 60 valence electrons. The van der Waals surface area contributed by atoms with E-state index in [2.05, 4.69) is 10.6 Å². The van der Waals surface area contributed by atoms with Crippen molar-refractivity contribution in [1.29, 1.82) is 0 Å². The van der Waals surface area contributed by atoms with Crippen molar-refractivity contribution in [1.82, 2.24) is 10.6 Å². The van der Waals surface area contributed by atoms with Crippen LogP contribution in [0.1, 0.15) is 13.3 Å². The van der Waals surface area contributed by atoms with E-state index in [0.717, 1.165) is 13.0 Å². The van der Waals surface area contributed by atoms with Gasteiger partial charge in [-0.3, -0.25) is 0 Å². The van der Waals surface area contributed by atoms with Crippen LogP contribution in [0.25, 0.3) is 0 Å². The summed E-state index contributed by atoms with van der Waals surface area (Å²) < 4.78 is 11.5. The molecule has 0 amide bonds. The Morgan fingerprint density at radius 1 is 1.40 bits per heavy atom. The van der Waals surface area contributed by atoms with Gasteiger partial charge < -0.3 is 10.6 Å². The van der Waals surface area contributed by atoms with Crippen LogP contribution >= 0.6 is 12.2 Å². The minimum atomic E-state index is -0.381. The second kappa shape index (κ2) is 6.74. The molecule has 0 fully saturated rings. The molecular formula is C6H13FN2S. The van der Waals surface area contributed by atoms with Gasteiger partial charge in [-0.15, -0.1) is 0 Å². The molecule has 0 aliphatic heterocycles. The Kier molecular flexibility index (Phi) is 6.48. The maximum absolute atomic E-state index is 11.5. The van der Waals surface area contributed by atoms with Crippen LogP contribution in [0.15, 0.2) is 0 Å². The summed E-state index contributed by atoms with van der Waals surface area (Å²) >= 11 is 4.80. The third-order valence-corrected chi connectivity index (χ3v) is 1.20. The van der Waals surface area contributed by atoms with Crippen LogP contribution in [0.3, 0.4) is 0 Å². The Balaban J connectivity index is 3.09. The molecule has 10 heavy (non-hydrogen) atoms. The molecule has 0 aromatic rings. The van der Waals surface area contributed by atoms with Crippen LogP contribution in [0.5, 0.6) is 0 Å². The second-order valence-electron chi connectivity index (χ2n) is 1.87. The zero-order valence-corrected chi connectivity index (χ0v) is 6.93. The number of hydrogen-bond acceptors (Lipinski definition) is 1. The smallest absolute Gasteiger partial charge is 0.166 e. The van der Waals surface area contributed by atoms with Gasteiger partial charge in [0, 0.05) is 13.1 Å². The van der Waals surface area contributed by atoms with Gasteiger partial charge in [-0.25, -0.2) is 4.39 Å². The fourth-order valence-electron chi connectivity index (χ4n) is 0.462. The third-order valence-electron chi connectivity index (χ3n) is 0.916. The zero-order valence-electron chi connectivity index (χ0n) is 6.11. The summed E-state index contributed by atoms with van der Waals surface area (Å²) in [7, 11) is 0. The molecule has 0 aliphatic carbocycles. The van der Waals surface area contributed by atoms with E-state index in [0.29, 0.717) is 11.7 Å². The van der Waals surface area contributed by atoms with Gasteiger partial charge in [0.15, 0.2) is 5.11 Å². The molecular weight excluding hydrogens is 151 g/mol. The van der Waals surface area contributed by atoms with Crippen molar-refractivity contribution in [3.05, 3.63) is 0 Å². The highest BCUT2D eigenvalue weighted by molar-refractivity contribution is 7.80. The van der Waals surface area contributed by atoms with Crippen LogP contribution in [0, 0.1) is 0 Å². The van der Waals surface area contributed by atoms with Gasteiger partial charge >= 0.3 is 0 Å². The van der Waals surface area contributed by atoms with E-state index in [1.54, 1.807) is 0 Å². The normalized spacial score (nSPS) is 9.00. The molecule has 0 rings (SSSR count). The molecule has 0 radical (unpaired) electrons. The maximum atomic E-state index is 11.5. The summed E-state index contributed by atoms with van der Waals surface area (Å²) in [5.74, 6) is 0. The van der Waals surface area contributed by atoms with Gasteiger partial charge in [-0.05, 0) is 18.6 Å². The first-order chi connectivity index (χ1) is 4.81. The molecule has 2 nitrogen and oxygen atoms in total. The topological polar surface area (TPSA) is 24.1 Å². The van der Waals surface area contributed by atoms with Gasteiger partial charge in [-0.2, -0.15) is 0 Å². The van der Waals surface area contributed by atoms with Crippen molar-refractivity contribution < 1.29 is 4.39 Å². The van der Waals surface area contributed by atoms with Gasteiger partial charge in [0.2, 0.25) is 0 Å². The van der Waals surface area contributed by atoms with Crippen molar-refractivity contribution in [2.75, 3.05) is 19.8 Å². The number of rotatable bonds is 4. The van der Waals surface area contributed by atoms with E-state index in [1.807, 2.05) is 6.92 Å². The highest BCUT2D eigenvalue weighted by Gasteiger charge is 1.90. The minimum absolute atomic E-state index is 0.301. The lowest BCUT2D eigenvalue weighted by atomic mass is 10.5. The van der Waals surface area contributed by atoms with Crippen LogP contribution < -0.4 is 10.6 Å². The van der Waals surface area contributed by atoms with Gasteiger partial charge in [0.1, 0.15) is 6.67 Å². The van der Waals surface area contributed by atoms with E-state index in [1.165, 1.54) is 0 Å². The molecule has 0 saturated carbocycles. The fourth-order valence-corrected chi connectivity index (χ4v) is 0.666. The van der Waals surface area contributed by atoms with E-state index < -0.39 is 0 Å². The summed E-state index contributed by atoms with van der Waals surface area (Å²) in [5.41, 5.74) is 0. The summed E-state index contributed by atoms with van der Waals surface area (Å²) in [5, 5.41) is 6.17. The van der Waals surface area contributed by atoms with E-state index >= 15 is 0 Å². The van der Waals surface area contributed by atoms with E-state index in [-0.39, 0.29) is 6.67 Å². The number of nitrogens with one attached hydrogen (secondary N) is 2. The molecule has 0 saturated heterocycles. The first-order valence-corrected chi connectivity index (χ1v) is 3.79. The predicted molar refractivity (Wildman–Crippen MR) is 44.9 cm³/mol. The maximum Gasteiger partial charge on any atom is 0.166 e. The largest absolute Gasteiger partial charge is 0.363 e. The zero-order chi connectivity index (χ0) is 7.82. The molecule has 0 aromatic heterocycles. The van der Waals surface area contributed by atoms with Crippen LogP contribution in [-0.2, 0) is 0 Å². The van der Waals surface area contributed by atoms with Crippen molar-refractivity contribution >= 4 is 17.3 Å². The highest BCUT2D eigenvalue weighted by Crippen LogP contribution is 1.71. The van der Waals surface area contributed by atoms with Crippen LogP contribution in [0.2, 0.25) is 0 Å². The van der Waals surface area contributed by atoms with Crippen molar-refractivity contribution in [3.63, 3.8) is 0 Å². The van der Waals surface area contributed by atoms with Crippen LogP contribution in [0.4, 0.5) is 4.39 Å². The Morgan fingerprint density at radius 3 is 2.50 bits per heavy atom. The van der Waals surface area contributed by atoms with E-state index in [4.69, 9.17) is 12.2 Å². The lowest BCUT2D eigenvalue weighted by molar-refractivity contribution is 0.490. The number of alkyl halides is 1. The average molecular weight is 164 g/mol. The quantitative estimate of drug-likeness (QED) is 0.602. The lowest BCUT2D eigenvalue weighted by Gasteiger charge is -2.06. The van der Waals surface area contributed by atoms with Crippen molar-refractivity contribution in [3.8, 4) is 0 Å². The first kappa shape index (κ1) is 9.62. The summed E-state index contributed by atoms with van der Waals surface area (Å²) in [4.78, 5) is 0. The SMILES string of the molecule is CCCNC(=S)NCCF. The highest BCUT2D eigenvalue weighted by atomic mass is 32.1. The van der Waals surface area contributed by atoms with Crippen molar-refractivity contribution in [2.45, 2.75) is 13.3 Å². The standard InChI is InChI=1S/C6H13FN2S/c1-2-4-8-6(10)9-5-3-7/h2-5H2,1H3,(H2,8,9,10). The number of hydrogen-bond donors (Lipinski definition) is 2. The summed E-state index contributed by atoms with van der Waals surface area (Å²) in [6.07, 6.45) is 1.03. The molecule has 2 N–H and O–H groups in total. The molecule has 0 aromatic carbocycles. The predicted octanol–water partition coefficient (Wildman–Crippen LogP) is 0.830. The summed E-state index contributed by atoms with van der Waals surface area (Å²) in [6, 6.07) is 0. The molecule has 0 aliphatic rings. The van der Waals surface area contributed by atoms with Gasteiger partial charge in [-0.1, -0.05) is 6.92 Å². The Bertz CT molecular complexity index is 87.7. The second-order valence-corrected chi connectivity index (χ2v) is 2.28. The molecule has 0 spiro atoms. The monoisotopic (exact) mass is 164 g/mol. The summed E-state index contributed by atoms with van der Waals surface area (Å²) in [6.45, 7) is 2.81. The average Bonchev–Trinajstić information content (AvgIpc) is 1.97. The minimum Gasteiger partial charge on any atom is -0.363 e. The molecule has 0 atom stereocenters.